The molecule has 3 atom stereocenters. The number of hydrogen-bond donors (Lipinski definition) is 2. The van der Waals surface area contributed by atoms with Crippen LogP contribution in [0.4, 0.5) is 0 Å². The Hall–Kier alpha value is -1.02. The van der Waals surface area contributed by atoms with Gasteiger partial charge in [-0.05, 0) is 56.6 Å². The summed E-state index contributed by atoms with van der Waals surface area (Å²) in [4.78, 5) is 0. The lowest BCUT2D eigenvalue weighted by Gasteiger charge is -2.22. The molecule has 3 rings (SSSR count). The summed E-state index contributed by atoms with van der Waals surface area (Å²) in [7, 11) is 0. The zero-order chi connectivity index (χ0) is 12.5. The molecular formula is C16H23NO. The molecule has 0 saturated heterocycles. The Bertz CT molecular complexity index is 429. The molecular weight excluding hydrogens is 222 g/mol. The van der Waals surface area contributed by atoms with Gasteiger partial charge in [-0.2, -0.15) is 0 Å². The van der Waals surface area contributed by atoms with Crippen molar-refractivity contribution in [3.8, 4) is 5.75 Å². The summed E-state index contributed by atoms with van der Waals surface area (Å²) in [6.45, 7) is 3.98. The molecule has 2 saturated carbocycles. The summed E-state index contributed by atoms with van der Waals surface area (Å²) in [6, 6.07) is 5.82. The van der Waals surface area contributed by atoms with Crippen molar-refractivity contribution >= 4 is 0 Å². The summed E-state index contributed by atoms with van der Waals surface area (Å²) in [6.07, 6.45) is 5.83. The number of phenols is 1. The third-order valence-electron chi connectivity index (χ3n) is 4.84. The third kappa shape index (κ3) is 2.39. The molecule has 2 fully saturated rings. The number of fused-ring (bicyclic) bond motifs is 2. The van der Waals surface area contributed by atoms with Gasteiger partial charge in [0.2, 0.25) is 0 Å². The van der Waals surface area contributed by atoms with Gasteiger partial charge in [0, 0.05) is 12.1 Å². The predicted octanol–water partition coefficient (Wildman–Crippen LogP) is 3.23. The van der Waals surface area contributed by atoms with Crippen molar-refractivity contribution < 1.29 is 5.11 Å². The Morgan fingerprint density at radius 2 is 2.17 bits per heavy atom. The lowest BCUT2D eigenvalue weighted by molar-refractivity contribution is 0.318. The fraction of sp³-hybridized carbons (Fsp3) is 0.625. The second-order valence-electron chi connectivity index (χ2n) is 6.20. The lowest BCUT2D eigenvalue weighted by atomic mass is 9.89. The van der Waals surface area contributed by atoms with Crippen molar-refractivity contribution in [1.29, 1.82) is 0 Å². The summed E-state index contributed by atoms with van der Waals surface area (Å²) in [5.41, 5.74) is 2.24. The van der Waals surface area contributed by atoms with Crippen molar-refractivity contribution in [1.82, 2.24) is 5.32 Å². The molecule has 0 amide bonds. The highest BCUT2D eigenvalue weighted by atomic mass is 16.3. The summed E-state index contributed by atoms with van der Waals surface area (Å²) in [5, 5.41) is 13.3. The summed E-state index contributed by atoms with van der Waals surface area (Å²) >= 11 is 0. The first kappa shape index (κ1) is 12.0. The first-order valence-corrected chi connectivity index (χ1v) is 7.21. The fourth-order valence-corrected chi connectivity index (χ4v) is 3.87. The van der Waals surface area contributed by atoms with Crippen LogP contribution in [0.25, 0.3) is 0 Å². The second-order valence-corrected chi connectivity index (χ2v) is 6.20. The Labute approximate surface area is 109 Å². The van der Waals surface area contributed by atoms with E-state index in [0.717, 1.165) is 36.4 Å². The van der Waals surface area contributed by atoms with Gasteiger partial charge in [0.25, 0.3) is 0 Å². The molecule has 1 aromatic rings. The Morgan fingerprint density at radius 3 is 2.89 bits per heavy atom. The van der Waals surface area contributed by atoms with Gasteiger partial charge in [-0.15, -0.1) is 0 Å². The summed E-state index contributed by atoms with van der Waals surface area (Å²) < 4.78 is 0. The summed E-state index contributed by atoms with van der Waals surface area (Å²) in [5.74, 6) is 3.31. The fourth-order valence-electron chi connectivity index (χ4n) is 3.87. The molecule has 0 spiro atoms. The number of phenolic OH excluding ortho intramolecular Hbond substituents is 1. The maximum Gasteiger partial charge on any atom is 0.120 e. The van der Waals surface area contributed by atoms with Crippen LogP contribution in [0.5, 0.6) is 5.75 Å². The van der Waals surface area contributed by atoms with Crippen LogP contribution in [-0.4, -0.2) is 11.7 Å². The highest BCUT2D eigenvalue weighted by Gasteiger charge is 2.38. The smallest absolute Gasteiger partial charge is 0.120 e. The Balaban J connectivity index is 1.51. The lowest BCUT2D eigenvalue weighted by Crippen LogP contribution is -2.26. The number of rotatable bonds is 4. The van der Waals surface area contributed by atoms with Crippen molar-refractivity contribution in [2.45, 2.75) is 39.2 Å². The largest absolute Gasteiger partial charge is 0.508 e. The molecule has 98 valence electrons. The van der Waals surface area contributed by atoms with Gasteiger partial charge in [0.05, 0.1) is 0 Å². The first-order valence-electron chi connectivity index (χ1n) is 7.21. The first-order chi connectivity index (χ1) is 8.72. The second kappa shape index (κ2) is 4.93. The van der Waals surface area contributed by atoms with Gasteiger partial charge in [-0.3, -0.25) is 0 Å². The number of aromatic hydroxyl groups is 1. The zero-order valence-corrected chi connectivity index (χ0v) is 11.2. The zero-order valence-electron chi connectivity index (χ0n) is 11.2. The predicted molar refractivity (Wildman–Crippen MR) is 73.5 cm³/mol. The SMILES string of the molecule is Cc1ccc(O)c(CNCC2CC3CCC2C3)c1. The van der Waals surface area contributed by atoms with E-state index >= 15 is 0 Å². The Kier molecular flexibility index (Phi) is 3.29. The van der Waals surface area contributed by atoms with E-state index in [-0.39, 0.29) is 0 Å². The molecule has 0 aromatic heterocycles. The van der Waals surface area contributed by atoms with Crippen LogP contribution < -0.4 is 5.32 Å². The minimum Gasteiger partial charge on any atom is -0.508 e. The molecule has 2 nitrogen and oxygen atoms in total. The van der Waals surface area contributed by atoms with E-state index in [0.29, 0.717) is 5.75 Å². The average molecular weight is 245 g/mol. The number of benzene rings is 1. The van der Waals surface area contributed by atoms with E-state index in [9.17, 15) is 5.11 Å². The van der Waals surface area contributed by atoms with Crippen LogP contribution in [-0.2, 0) is 6.54 Å². The number of aryl methyl sites for hydroxylation is 1. The highest BCUT2D eigenvalue weighted by Crippen LogP contribution is 2.47. The number of nitrogens with one attached hydrogen (secondary N) is 1. The van der Waals surface area contributed by atoms with Crippen molar-refractivity contribution in [3.05, 3.63) is 29.3 Å². The Morgan fingerprint density at radius 1 is 1.28 bits per heavy atom. The maximum absolute atomic E-state index is 9.79. The number of hydrogen-bond acceptors (Lipinski definition) is 2. The highest BCUT2D eigenvalue weighted by molar-refractivity contribution is 5.35. The van der Waals surface area contributed by atoms with Crippen LogP contribution in [0.15, 0.2) is 18.2 Å². The molecule has 2 N–H and O–H groups in total. The molecule has 2 heteroatoms. The minimum absolute atomic E-state index is 0.418. The molecule has 1 aromatic carbocycles. The van der Waals surface area contributed by atoms with E-state index in [1.807, 2.05) is 6.07 Å². The van der Waals surface area contributed by atoms with Gasteiger partial charge < -0.3 is 10.4 Å². The van der Waals surface area contributed by atoms with Gasteiger partial charge >= 0.3 is 0 Å². The average Bonchev–Trinajstić information content (AvgIpc) is 2.96. The van der Waals surface area contributed by atoms with Gasteiger partial charge in [-0.1, -0.05) is 24.1 Å². The van der Waals surface area contributed by atoms with Crippen LogP contribution in [0, 0.1) is 24.7 Å². The molecule has 3 unspecified atom stereocenters. The van der Waals surface area contributed by atoms with Crippen LogP contribution >= 0.6 is 0 Å². The van der Waals surface area contributed by atoms with Gasteiger partial charge in [0.1, 0.15) is 5.75 Å². The molecule has 18 heavy (non-hydrogen) atoms. The molecule has 0 radical (unpaired) electrons. The molecule has 2 bridgehead atoms. The quantitative estimate of drug-likeness (QED) is 0.853. The van der Waals surface area contributed by atoms with Crippen molar-refractivity contribution in [2.75, 3.05) is 6.54 Å². The van der Waals surface area contributed by atoms with E-state index in [1.54, 1.807) is 6.07 Å². The monoisotopic (exact) mass is 245 g/mol. The third-order valence-corrected chi connectivity index (χ3v) is 4.84. The maximum atomic E-state index is 9.79. The van der Waals surface area contributed by atoms with Crippen LogP contribution in [0.3, 0.4) is 0 Å². The normalized spacial score (nSPS) is 29.9. The van der Waals surface area contributed by atoms with Crippen LogP contribution in [0.2, 0.25) is 0 Å². The standard InChI is InChI=1S/C16H23NO/c1-11-2-5-16(18)15(6-11)10-17-9-14-8-12-3-4-13(14)7-12/h2,5-6,12-14,17-18H,3-4,7-10H2,1H3. The molecule has 0 heterocycles. The topological polar surface area (TPSA) is 32.3 Å². The van der Waals surface area contributed by atoms with Gasteiger partial charge in [0.15, 0.2) is 0 Å². The van der Waals surface area contributed by atoms with E-state index < -0.39 is 0 Å². The van der Waals surface area contributed by atoms with Crippen molar-refractivity contribution in [2.24, 2.45) is 17.8 Å². The van der Waals surface area contributed by atoms with E-state index in [4.69, 9.17) is 0 Å². The molecule has 0 aliphatic heterocycles. The minimum atomic E-state index is 0.418. The molecule has 2 aliphatic rings. The van der Waals surface area contributed by atoms with E-state index in [2.05, 4.69) is 18.3 Å². The van der Waals surface area contributed by atoms with E-state index in [1.165, 1.54) is 31.2 Å². The van der Waals surface area contributed by atoms with Crippen molar-refractivity contribution in [3.63, 3.8) is 0 Å². The van der Waals surface area contributed by atoms with Crippen LogP contribution in [0.1, 0.15) is 36.8 Å². The van der Waals surface area contributed by atoms with Gasteiger partial charge in [-0.25, -0.2) is 0 Å². The molecule has 2 aliphatic carbocycles.